The summed E-state index contributed by atoms with van der Waals surface area (Å²) in [6.07, 6.45) is 0. The van der Waals surface area contributed by atoms with E-state index in [0.29, 0.717) is 0 Å². The minimum absolute atomic E-state index is 0.0158. The Labute approximate surface area is 79.4 Å². The fraction of sp³-hybridized carbons (Fsp3) is 0.455. The van der Waals surface area contributed by atoms with E-state index >= 15 is 0 Å². The largest absolute Gasteiger partial charge is 0.395 e. The van der Waals surface area contributed by atoms with Gasteiger partial charge < -0.3 is 10.8 Å². The zero-order valence-corrected chi connectivity index (χ0v) is 8.20. The Bertz CT molecular complexity index is 256. The third-order valence-corrected chi connectivity index (χ3v) is 2.64. The van der Waals surface area contributed by atoms with Gasteiger partial charge in [0.05, 0.1) is 6.61 Å². The second-order valence-corrected chi connectivity index (χ2v) is 3.88. The standard InChI is InChI=1S/C11H17NO/c1-11(2,10(12)8-13)9-6-4-3-5-7-9/h3-7,10,13H,8,12H2,1-2H3/t10-/m0/s1. The van der Waals surface area contributed by atoms with Gasteiger partial charge in [0, 0.05) is 11.5 Å². The molecule has 0 spiro atoms. The van der Waals surface area contributed by atoms with Crippen LogP contribution in [-0.4, -0.2) is 17.8 Å². The third-order valence-electron chi connectivity index (χ3n) is 2.64. The number of hydrogen-bond acceptors (Lipinski definition) is 2. The van der Waals surface area contributed by atoms with Gasteiger partial charge in [-0.3, -0.25) is 0 Å². The van der Waals surface area contributed by atoms with Crippen LogP contribution >= 0.6 is 0 Å². The van der Waals surface area contributed by atoms with E-state index in [1.54, 1.807) is 0 Å². The smallest absolute Gasteiger partial charge is 0.0591 e. The summed E-state index contributed by atoms with van der Waals surface area (Å²) in [5.74, 6) is 0. The lowest BCUT2D eigenvalue weighted by atomic mass is 9.78. The van der Waals surface area contributed by atoms with Crippen LogP contribution in [0.3, 0.4) is 0 Å². The van der Waals surface area contributed by atoms with Crippen molar-refractivity contribution in [3.8, 4) is 0 Å². The molecule has 0 bridgehead atoms. The second kappa shape index (κ2) is 3.90. The first-order valence-corrected chi connectivity index (χ1v) is 4.51. The van der Waals surface area contributed by atoms with E-state index < -0.39 is 0 Å². The SMILES string of the molecule is CC(C)(c1ccccc1)[C@@H](N)CO. The summed E-state index contributed by atoms with van der Waals surface area (Å²) < 4.78 is 0. The highest BCUT2D eigenvalue weighted by Crippen LogP contribution is 2.25. The molecule has 0 aliphatic rings. The molecule has 1 aromatic rings. The third kappa shape index (κ3) is 2.08. The summed E-state index contributed by atoms with van der Waals surface area (Å²) in [5.41, 5.74) is 6.83. The zero-order chi connectivity index (χ0) is 9.90. The number of hydrogen-bond donors (Lipinski definition) is 2. The zero-order valence-electron chi connectivity index (χ0n) is 8.20. The van der Waals surface area contributed by atoms with Gasteiger partial charge in [-0.25, -0.2) is 0 Å². The molecule has 0 aromatic heterocycles. The summed E-state index contributed by atoms with van der Waals surface area (Å²) in [7, 11) is 0. The van der Waals surface area contributed by atoms with Gasteiger partial charge in [-0.05, 0) is 5.56 Å². The molecule has 0 amide bonds. The van der Waals surface area contributed by atoms with Crippen molar-refractivity contribution in [1.82, 2.24) is 0 Å². The van der Waals surface area contributed by atoms with Crippen molar-refractivity contribution in [2.75, 3.05) is 6.61 Å². The molecule has 1 aromatic carbocycles. The Hall–Kier alpha value is -0.860. The molecule has 2 nitrogen and oxygen atoms in total. The van der Waals surface area contributed by atoms with E-state index in [1.807, 2.05) is 44.2 Å². The highest BCUT2D eigenvalue weighted by molar-refractivity contribution is 5.25. The van der Waals surface area contributed by atoms with Crippen molar-refractivity contribution in [2.24, 2.45) is 5.73 Å². The maximum atomic E-state index is 9.01. The van der Waals surface area contributed by atoms with Crippen molar-refractivity contribution in [3.05, 3.63) is 35.9 Å². The molecule has 0 aliphatic heterocycles. The molecule has 3 N–H and O–H groups in total. The lowest BCUT2D eigenvalue weighted by Crippen LogP contribution is -2.43. The van der Waals surface area contributed by atoms with E-state index in [2.05, 4.69) is 0 Å². The van der Waals surface area contributed by atoms with Crippen LogP contribution in [0.1, 0.15) is 19.4 Å². The Morgan fingerprint density at radius 2 is 1.85 bits per heavy atom. The highest BCUT2D eigenvalue weighted by atomic mass is 16.3. The number of aliphatic hydroxyl groups excluding tert-OH is 1. The van der Waals surface area contributed by atoms with Crippen LogP contribution in [-0.2, 0) is 5.41 Å². The van der Waals surface area contributed by atoms with Crippen molar-refractivity contribution in [3.63, 3.8) is 0 Å². The summed E-state index contributed by atoms with van der Waals surface area (Å²) in [4.78, 5) is 0. The summed E-state index contributed by atoms with van der Waals surface area (Å²) in [6.45, 7) is 4.11. The Morgan fingerprint density at radius 3 is 2.31 bits per heavy atom. The molecule has 0 fully saturated rings. The van der Waals surface area contributed by atoms with Crippen molar-refractivity contribution in [1.29, 1.82) is 0 Å². The van der Waals surface area contributed by atoms with Crippen molar-refractivity contribution >= 4 is 0 Å². The highest BCUT2D eigenvalue weighted by Gasteiger charge is 2.27. The molecule has 0 aliphatic carbocycles. The first kappa shape index (κ1) is 10.2. The molecule has 0 unspecified atom stereocenters. The molecule has 13 heavy (non-hydrogen) atoms. The van der Waals surface area contributed by atoms with Crippen LogP contribution in [0.2, 0.25) is 0 Å². The maximum absolute atomic E-state index is 9.01. The van der Waals surface area contributed by atoms with Gasteiger partial charge in [0.15, 0.2) is 0 Å². The molecule has 0 saturated carbocycles. The summed E-state index contributed by atoms with van der Waals surface area (Å²) in [5, 5.41) is 9.01. The fourth-order valence-corrected chi connectivity index (χ4v) is 1.31. The van der Waals surface area contributed by atoms with Crippen LogP contribution in [0, 0.1) is 0 Å². The number of benzene rings is 1. The number of rotatable bonds is 3. The number of aliphatic hydroxyl groups is 1. The van der Waals surface area contributed by atoms with Gasteiger partial charge in [-0.15, -0.1) is 0 Å². The van der Waals surface area contributed by atoms with Crippen LogP contribution in [0.25, 0.3) is 0 Å². The molecule has 0 radical (unpaired) electrons. The first-order valence-electron chi connectivity index (χ1n) is 4.51. The van der Waals surface area contributed by atoms with E-state index in [9.17, 15) is 0 Å². The molecule has 0 heterocycles. The summed E-state index contributed by atoms with van der Waals surface area (Å²) >= 11 is 0. The first-order chi connectivity index (χ1) is 6.09. The van der Waals surface area contributed by atoms with Gasteiger partial charge in [0.1, 0.15) is 0 Å². The summed E-state index contributed by atoms with van der Waals surface area (Å²) in [6, 6.07) is 9.81. The number of nitrogens with two attached hydrogens (primary N) is 1. The molecule has 1 rings (SSSR count). The molecular formula is C11H17NO. The lowest BCUT2D eigenvalue weighted by Gasteiger charge is -2.30. The predicted molar refractivity (Wildman–Crippen MR) is 54.5 cm³/mol. The van der Waals surface area contributed by atoms with Gasteiger partial charge in [0.2, 0.25) is 0 Å². The van der Waals surface area contributed by atoms with E-state index in [4.69, 9.17) is 10.8 Å². The van der Waals surface area contributed by atoms with E-state index in [-0.39, 0.29) is 18.1 Å². The van der Waals surface area contributed by atoms with Crippen LogP contribution in [0.4, 0.5) is 0 Å². The molecule has 2 heteroatoms. The van der Waals surface area contributed by atoms with Crippen LogP contribution in [0.5, 0.6) is 0 Å². The molecule has 72 valence electrons. The van der Waals surface area contributed by atoms with Gasteiger partial charge in [-0.1, -0.05) is 44.2 Å². The lowest BCUT2D eigenvalue weighted by molar-refractivity contribution is 0.220. The quantitative estimate of drug-likeness (QED) is 0.734. The van der Waals surface area contributed by atoms with E-state index in [1.165, 1.54) is 0 Å². The fourth-order valence-electron chi connectivity index (χ4n) is 1.31. The van der Waals surface area contributed by atoms with Crippen LogP contribution < -0.4 is 5.73 Å². The molecular weight excluding hydrogens is 162 g/mol. The Balaban J connectivity index is 2.93. The molecule has 1 atom stereocenters. The monoisotopic (exact) mass is 179 g/mol. The van der Waals surface area contributed by atoms with Gasteiger partial charge in [-0.2, -0.15) is 0 Å². The van der Waals surface area contributed by atoms with Crippen molar-refractivity contribution in [2.45, 2.75) is 25.3 Å². The maximum Gasteiger partial charge on any atom is 0.0591 e. The molecule has 0 saturated heterocycles. The van der Waals surface area contributed by atoms with Crippen molar-refractivity contribution < 1.29 is 5.11 Å². The average Bonchev–Trinajstić information content (AvgIpc) is 2.18. The topological polar surface area (TPSA) is 46.2 Å². The Kier molecular flexibility index (Phi) is 3.07. The van der Waals surface area contributed by atoms with Gasteiger partial charge >= 0.3 is 0 Å². The minimum atomic E-state index is -0.213. The van der Waals surface area contributed by atoms with E-state index in [0.717, 1.165) is 5.56 Å². The average molecular weight is 179 g/mol. The van der Waals surface area contributed by atoms with Gasteiger partial charge in [0.25, 0.3) is 0 Å². The Morgan fingerprint density at radius 1 is 1.31 bits per heavy atom. The van der Waals surface area contributed by atoms with Crippen LogP contribution in [0.15, 0.2) is 30.3 Å². The second-order valence-electron chi connectivity index (χ2n) is 3.88. The predicted octanol–water partition coefficient (Wildman–Crippen LogP) is 1.28. The minimum Gasteiger partial charge on any atom is -0.395 e. The normalized spacial score (nSPS) is 14.2.